The molecule has 15 heavy (non-hydrogen) atoms. The molecule has 1 saturated carbocycles. The van der Waals surface area contributed by atoms with E-state index < -0.39 is 0 Å². The van der Waals surface area contributed by atoms with Gasteiger partial charge in [0.15, 0.2) is 0 Å². The zero-order valence-corrected chi connectivity index (χ0v) is 9.32. The Bertz CT molecular complexity index is 213. The van der Waals surface area contributed by atoms with Gasteiger partial charge >= 0.3 is 11.9 Å². The molecule has 1 fully saturated rings. The summed E-state index contributed by atoms with van der Waals surface area (Å²) in [5, 5.41) is 0. The van der Waals surface area contributed by atoms with Crippen LogP contribution in [0.25, 0.3) is 0 Å². The van der Waals surface area contributed by atoms with Crippen LogP contribution in [-0.4, -0.2) is 25.2 Å². The predicted molar refractivity (Wildman–Crippen MR) is 54.1 cm³/mol. The molecule has 0 saturated heterocycles. The van der Waals surface area contributed by atoms with E-state index in [1.807, 2.05) is 0 Å². The molecule has 1 aliphatic rings. The Labute approximate surface area is 89.9 Å². The highest BCUT2D eigenvalue weighted by atomic mass is 16.5. The van der Waals surface area contributed by atoms with Crippen molar-refractivity contribution in [3.63, 3.8) is 0 Å². The lowest BCUT2D eigenvalue weighted by atomic mass is 10.1. The van der Waals surface area contributed by atoms with Crippen LogP contribution in [0, 0.1) is 11.8 Å². The van der Waals surface area contributed by atoms with Crippen molar-refractivity contribution in [3.05, 3.63) is 0 Å². The van der Waals surface area contributed by atoms with Crippen molar-refractivity contribution in [2.45, 2.75) is 33.1 Å². The molecule has 0 aliphatic heterocycles. The van der Waals surface area contributed by atoms with Crippen molar-refractivity contribution in [1.82, 2.24) is 0 Å². The second kappa shape index (κ2) is 5.73. The van der Waals surface area contributed by atoms with E-state index in [9.17, 15) is 9.59 Å². The van der Waals surface area contributed by atoms with E-state index in [0.717, 1.165) is 12.8 Å². The van der Waals surface area contributed by atoms with E-state index >= 15 is 0 Å². The van der Waals surface area contributed by atoms with Crippen molar-refractivity contribution in [3.8, 4) is 0 Å². The van der Waals surface area contributed by atoms with Gasteiger partial charge in [-0.15, -0.1) is 0 Å². The minimum atomic E-state index is -0.177. The average molecular weight is 214 g/mol. The van der Waals surface area contributed by atoms with Crippen LogP contribution in [0.5, 0.6) is 0 Å². The lowest BCUT2D eigenvalue weighted by molar-refractivity contribution is -0.149. The van der Waals surface area contributed by atoms with Gasteiger partial charge in [-0.3, -0.25) is 9.59 Å². The molecule has 0 aromatic rings. The summed E-state index contributed by atoms with van der Waals surface area (Å²) in [5.41, 5.74) is 0. The third kappa shape index (κ3) is 3.22. The molecule has 0 heterocycles. The molecule has 0 aromatic heterocycles. The average Bonchev–Trinajstić information content (AvgIpc) is 2.67. The van der Waals surface area contributed by atoms with Gasteiger partial charge in [-0.25, -0.2) is 0 Å². The first kappa shape index (κ1) is 12.0. The summed E-state index contributed by atoms with van der Waals surface area (Å²) in [4.78, 5) is 22.8. The monoisotopic (exact) mass is 214 g/mol. The number of carbonyl (C=O) groups is 2. The van der Waals surface area contributed by atoms with Gasteiger partial charge in [0, 0.05) is 0 Å². The Kier molecular flexibility index (Phi) is 4.59. The summed E-state index contributed by atoms with van der Waals surface area (Å²) in [6.07, 6.45) is 2.06. The summed E-state index contributed by atoms with van der Waals surface area (Å²) in [5.74, 6) is -0.577. The first-order valence-corrected chi connectivity index (χ1v) is 5.52. The van der Waals surface area contributed by atoms with Crippen LogP contribution < -0.4 is 0 Å². The van der Waals surface area contributed by atoms with E-state index in [1.165, 1.54) is 0 Å². The number of rotatable bonds is 4. The van der Waals surface area contributed by atoms with E-state index in [2.05, 4.69) is 0 Å². The predicted octanol–water partition coefficient (Wildman–Crippen LogP) is 1.53. The molecule has 86 valence electrons. The lowest BCUT2D eigenvalue weighted by Gasteiger charge is -2.09. The molecule has 0 amide bonds. The molecule has 0 radical (unpaired) electrons. The van der Waals surface area contributed by atoms with Crippen LogP contribution in [0.4, 0.5) is 0 Å². The Morgan fingerprint density at radius 1 is 1.00 bits per heavy atom. The standard InChI is InChI=1S/C11H18O4/c1-3-14-10(12)8-5-6-9(7-8)11(13)15-4-2/h8-9H,3-7H2,1-2H3/t8-,9+. The third-order valence-electron chi connectivity index (χ3n) is 2.67. The summed E-state index contributed by atoms with van der Waals surface area (Å²) in [6, 6.07) is 0. The minimum Gasteiger partial charge on any atom is -0.466 e. The fraction of sp³-hybridized carbons (Fsp3) is 0.818. The second-order valence-corrected chi connectivity index (χ2v) is 3.71. The molecule has 1 rings (SSSR count). The van der Waals surface area contributed by atoms with E-state index in [0.29, 0.717) is 19.6 Å². The Hall–Kier alpha value is -1.06. The maximum Gasteiger partial charge on any atom is 0.308 e. The molecule has 4 nitrogen and oxygen atoms in total. The zero-order chi connectivity index (χ0) is 11.3. The fourth-order valence-electron chi connectivity index (χ4n) is 1.93. The number of carbonyl (C=O) groups excluding carboxylic acids is 2. The van der Waals surface area contributed by atoms with Crippen LogP contribution in [0.3, 0.4) is 0 Å². The highest BCUT2D eigenvalue weighted by molar-refractivity contribution is 5.77. The fourth-order valence-corrected chi connectivity index (χ4v) is 1.93. The van der Waals surface area contributed by atoms with Crippen LogP contribution in [0.2, 0.25) is 0 Å². The van der Waals surface area contributed by atoms with Gasteiger partial charge in [0.1, 0.15) is 0 Å². The van der Waals surface area contributed by atoms with Gasteiger partial charge in [-0.1, -0.05) is 0 Å². The van der Waals surface area contributed by atoms with Crippen molar-refractivity contribution in [2.75, 3.05) is 13.2 Å². The molecule has 0 aromatic carbocycles. The van der Waals surface area contributed by atoms with E-state index in [4.69, 9.17) is 9.47 Å². The molecule has 1 aliphatic carbocycles. The second-order valence-electron chi connectivity index (χ2n) is 3.71. The molecule has 0 bridgehead atoms. The highest BCUT2D eigenvalue weighted by Gasteiger charge is 2.35. The summed E-state index contributed by atoms with van der Waals surface area (Å²) < 4.78 is 9.85. The Balaban J connectivity index is 2.38. The van der Waals surface area contributed by atoms with Gasteiger partial charge in [0.25, 0.3) is 0 Å². The molecule has 0 spiro atoms. The topological polar surface area (TPSA) is 52.6 Å². The van der Waals surface area contributed by atoms with Crippen LogP contribution in [0.1, 0.15) is 33.1 Å². The summed E-state index contributed by atoms with van der Waals surface area (Å²) in [7, 11) is 0. The van der Waals surface area contributed by atoms with Gasteiger partial charge < -0.3 is 9.47 Å². The van der Waals surface area contributed by atoms with Gasteiger partial charge in [0.2, 0.25) is 0 Å². The molecule has 2 atom stereocenters. The van der Waals surface area contributed by atoms with Gasteiger partial charge in [0.05, 0.1) is 25.0 Å². The molecule has 0 unspecified atom stereocenters. The van der Waals surface area contributed by atoms with Crippen LogP contribution in [0.15, 0.2) is 0 Å². The van der Waals surface area contributed by atoms with Gasteiger partial charge in [-0.05, 0) is 33.1 Å². The first-order chi connectivity index (χ1) is 7.19. The summed E-state index contributed by atoms with van der Waals surface area (Å²) in [6.45, 7) is 4.38. The Morgan fingerprint density at radius 2 is 1.40 bits per heavy atom. The Morgan fingerprint density at radius 3 is 1.73 bits per heavy atom. The van der Waals surface area contributed by atoms with Crippen LogP contribution >= 0.6 is 0 Å². The maximum absolute atomic E-state index is 11.4. The zero-order valence-electron chi connectivity index (χ0n) is 9.32. The number of hydrogen-bond acceptors (Lipinski definition) is 4. The smallest absolute Gasteiger partial charge is 0.308 e. The normalized spacial score (nSPS) is 24.9. The van der Waals surface area contributed by atoms with Crippen LogP contribution in [-0.2, 0) is 19.1 Å². The van der Waals surface area contributed by atoms with Crippen molar-refractivity contribution in [1.29, 1.82) is 0 Å². The highest BCUT2D eigenvalue weighted by Crippen LogP contribution is 2.32. The van der Waals surface area contributed by atoms with E-state index in [1.54, 1.807) is 13.8 Å². The molecular formula is C11H18O4. The third-order valence-corrected chi connectivity index (χ3v) is 2.67. The van der Waals surface area contributed by atoms with Crippen molar-refractivity contribution < 1.29 is 19.1 Å². The SMILES string of the molecule is CCOC(=O)[C@@H]1CC[C@H](C(=O)OCC)C1. The molecule has 4 heteroatoms. The molecular weight excluding hydrogens is 196 g/mol. The number of esters is 2. The van der Waals surface area contributed by atoms with Crippen molar-refractivity contribution in [2.24, 2.45) is 11.8 Å². The van der Waals surface area contributed by atoms with Gasteiger partial charge in [-0.2, -0.15) is 0 Å². The van der Waals surface area contributed by atoms with Crippen molar-refractivity contribution >= 4 is 11.9 Å². The number of hydrogen-bond donors (Lipinski definition) is 0. The molecule has 0 N–H and O–H groups in total. The number of ether oxygens (including phenoxy) is 2. The largest absolute Gasteiger partial charge is 0.466 e. The quantitative estimate of drug-likeness (QED) is 0.666. The maximum atomic E-state index is 11.4. The van der Waals surface area contributed by atoms with E-state index in [-0.39, 0.29) is 23.8 Å². The minimum absolute atomic E-state index is 0.112. The summed E-state index contributed by atoms with van der Waals surface area (Å²) >= 11 is 0. The lowest BCUT2D eigenvalue weighted by Crippen LogP contribution is -2.18. The first-order valence-electron chi connectivity index (χ1n) is 5.52.